The molecule has 2 bridgehead atoms. The Morgan fingerprint density at radius 2 is 1.84 bits per heavy atom. The van der Waals surface area contributed by atoms with Crippen molar-refractivity contribution in [1.29, 1.82) is 0 Å². The minimum atomic E-state index is -1.50. The zero-order valence-corrected chi connectivity index (χ0v) is 24.8. The molecule has 0 unspecified atom stereocenters. The van der Waals surface area contributed by atoms with Gasteiger partial charge in [-0.3, -0.25) is 14.4 Å². The minimum absolute atomic E-state index is 0.189. The van der Waals surface area contributed by atoms with E-state index in [0.29, 0.717) is 36.3 Å². The zero-order valence-electron chi connectivity index (χ0n) is 24.8. The van der Waals surface area contributed by atoms with Crippen LogP contribution in [0.25, 0.3) is 0 Å². The maximum absolute atomic E-state index is 13.8. The summed E-state index contributed by atoms with van der Waals surface area (Å²) in [6.45, 7) is 2.73. The Hall–Kier alpha value is -4.06. The first-order valence-corrected chi connectivity index (χ1v) is 14.7. The van der Waals surface area contributed by atoms with Crippen LogP contribution >= 0.6 is 0 Å². The SMILES string of the molecule is CC(=O)O[C@@H](CC(=O)O[C@H](C(=O)OC1=CC[C@@]2(O)[C@H]3Cc4ccc(CO)c5c4[C@@]2(CCN3C)[C@H]1O5)c1ccccc1)C(C)=O. The second-order valence-corrected chi connectivity index (χ2v) is 12.0. The van der Waals surface area contributed by atoms with E-state index in [1.165, 1.54) is 6.92 Å². The summed E-state index contributed by atoms with van der Waals surface area (Å²) in [7, 11) is 1.99. The molecule has 11 nitrogen and oxygen atoms in total. The highest BCUT2D eigenvalue weighted by Crippen LogP contribution is 2.64. The second-order valence-electron chi connectivity index (χ2n) is 12.0. The number of carbonyl (C=O) groups is 4. The number of hydrogen-bond donors (Lipinski definition) is 2. The van der Waals surface area contributed by atoms with Gasteiger partial charge in [-0.25, -0.2) is 4.79 Å². The molecule has 6 rings (SSSR count). The van der Waals surface area contributed by atoms with Crippen LogP contribution in [0.4, 0.5) is 0 Å². The smallest absolute Gasteiger partial charge is 0.357 e. The Bertz CT molecular complexity index is 1550. The maximum Gasteiger partial charge on any atom is 0.357 e. The van der Waals surface area contributed by atoms with Crippen LogP contribution in [0.3, 0.4) is 0 Å². The summed E-state index contributed by atoms with van der Waals surface area (Å²) in [5, 5.41) is 22.5. The van der Waals surface area contributed by atoms with Gasteiger partial charge in [-0.1, -0.05) is 42.5 Å². The van der Waals surface area contributed by atoms with Gasteiger partial charge >= 0.3 is 17.9 Å². The molecule has 6 atom stereocenters. The normalized spacial score (nSPS) is 27.6. The van der Waals surface area contributed by atoms with Gasteiger partial charge in [0, 0.05) is 36.1 Å². The predicted octanol–water partition coefficient (Wildman–Crippen LogP) is 2.20. The quantitative estimate of drug-likeness (QED) is 0.320. The molecule has 1 spiro atoms. The Balaban J connectivity index is 1.32. The van der Waals surface area contributed by atoms with Gasteiger partial charge in [0.2, 0.25) is 6.10 Å². The maximum atomic E-state index is 13.8. The Kier molecular flexibility index (Phi) is 7.59. The molecule has 11 heteroatoms. The van der Waals surface area contributed by atoms with Crippen LogP contribution in [0.1, 0.15) is 61.5 Å². The molecule has 2 aliphatic heterocycles. The molecule has 1 fully saturated rings. The van der Waals surface area contributed by atoms with Crippen molar-refractivity contribution >= 4 is 23.7 Å². The summed E-state index contributed by atoms with van der Waals surface area (Å²) >= 11 is 0. The van der Waals surface area contributed by atoms with Crippen LogP contribution in [-0.2, 0) is 51.8 Å². The van der Waals surface area contributed by atoms with E-state index >= 15 is 0 Å². The molecule has 2 N–H and O–H groups in total. The Labute approximate surface area is 254 Å². The first kappa shape index (κ1) is 30.0. The van der Waals surface area contributed by atoms with Gasteiger partial charge in [0.1, 0.15) is 11.5 Å². The summed E-state index contributed by atoms with van der Waals surface area (Å²) < 4.78 is 23.0. The third kappa shape index (κ3) is 4.61. The van der Waals surface area contributed by atoms with E-state index in [2.05, 4.69) is 4.90 Å². The van der Waals surface area contributed by atoms with Gasteiger partial charge in [0.15, 0.2) is 18.0 Å². The molecule has 1 saturated heterocycles. The van der Waals surface area contributed by atoms with Crippen molar-refractivity contribution in [3.05, 3.63) is 76.6 Å². The Morgan fingerprint density at radius 3 is 2.52 bits per heavy atom. The van der Waals surface area contributed by atoms with Crippen LogP contribution in [0, 0.1) is 0 Å². The zero-order chi connectivity index (χ0) is 31.4. The minimum Gasteiger partial charge on any atom is -0.481 e. The summed E-state index contributed by atoms with van der Waals surface area (Å²) in [4.78, 5) is 52.3. The molecule has 0 amide bonds. The number of likely N-dealkylation sites (tertiary alicyclic amines) is 1. The first-order chi connectivity index (χ1) is 21.0. The fourth-order valence-corrected chi connectivity index (χ4v) is 7.48. The first-order valence-electron chi connectivity index (χ1n) is 14.7. The third-order valence-electron chi connectivity index (χ3n) is 9.52. The van der Waals surface area contributed by atoms with Crippen molar-refractivity contribution in [2.45, 2.75) is 81.5 Å². The van der Waals surface area contributed by atoms with Crippen LogP contribution < -0.4 is 4.74 Å². The average molecular weight is 606 g/mol. The van der Waals surface area contributed by atoms with E-state index < -0.39 is 59.4 Å². The molecule has 2 aromatic carbocycles. The number of benzene rings is 2. The Morgan fingerprint density at radius 1 is 1.09 bits per heavy atom. The molecule has 0 aromatic heterocycles. The molecule has 4 aliphatic rings. The number of aliphatic hydroxyl groups is 2. The van der Waals surface area contributed by atoms with E-state index in [1.54, 1.807) is 36.4 Å². The van der Waals surface area contributed by atoms with E-state index in [9.17, 15) is 29.4 Å². The molecule has 2 aliphatic carbocycles. The topological polar surface area (TPSA) is 149 Å². The summed E-state index contributed by atoms with van der Waals surface area (Å²) in [6, 6.07) is 11.9. The number of Topliss-reactive ketones (excluding diaryl/α,β-unsaturated/α-hetero) is 1. The van der Waals surface area contributed by atoms with Crippen molar-refractivity contribution in [2.24, 2.45) is 0 Å². The van der Waals surface area contributed by atoms with Crippen molar-refractivity contribution in [1.82, 2.24) is 4.90 Å². The number of ketones is 1. The highest BCUT2D eigenvalue weighted by atomic mass is 16.6. The van der Waals surface area contributed by atoms with Gasteiger partial charge in [-0.2, -0.15) is 0 Å². The standard InChI is InChI=1S/C33H35NO10/c1-18(36)24(41-19(2)37)16-26(38)43-29(20-7-5-4-6-8-20)31(39)42-23-11-12-33(40)25-15-21-9-10-22(17-35)28-27(21)32(33,30(23)44-28)13-14-34(25)3/h4-11,24-25,29-30,35,40H,12-17H2,1-3H3/t24-,25+,29-,30-,32-,33+/m0/s1. The van der Waals surface area contributed by atoms with Crippen molar-refractivity contribution in [3.63, 3.8) is 0 Å². The van der Waals surface area contributed by atoms with Crippen molar-refractivity contribution in [2.75, 3.05) is 13.6 Å². The molecule has 2 aromatic rings. The summed E-state index contributed by atoms with van der Waals surface area (Å²) in [5.41, 5.74) is 0.673. The lowest BCUT2D eigenvalue weighted by Gasteiger charge is -2.61. The summed E-state index contributed by atoms with van der Waals surface area (Å²) in [5.74, 6) is -2.41. The lowest BCUT2D eigenvalue weighted by atomic mass is 9.50. The largest absolute Gasteiger partial charge is 0.481 e. The highest BCUT2D eigenvalue weighted by molar-refractivity contribution is 5.88. The van der Waals surface area contributed by atoms with Gasteiger partial charge in [0.25, 0.3) is 0 Å². The molecular weight excluding hydrogens is 570 g/mol. The fourth-order valence-electron chi connectivity index (χ4n) is 7.48. The summed E-state index contributed by atoms with van der Waals surface area (Å²) in [6.07, 6.45) is -1.28. The van der Waals surface area contributed by atoms with E-state index in [4.69, 9.17) is 18.9 Å². The lowest BCUT2D eigenvalue weighted by molar-refractivity contribution is -0.177. The van der Waals surface area contributed by atoms with Crippen molar-refractivity contribution in [3.8, 4) is 5.75 Å². The van der Waals surface area contributed by atoms with Crippen molar-refractivity contribution < 1.29 is 48.3 Å². The number of rotatable bonds is 9. The van der Waals surface area contributed by atoms with Gasteiger partial charge < -0.3 is 34.1 Å². The number of hydrogen-bond acceptors (Lipinski definition) is 11. The molecule has 44 heavy (non-hydrogen) atoms. The van der Waals surface area contributed by atoms with E-state index in [1.807, 2.05) is 19.2 Å². The number of ether oxygens (including phenoxy) is 4. The molecule has 0 radical (unpaired) electrons. The van der Waals surface area contributed by atoms with Crippen LogP contribution in [-0.4, -0.2) is 76.2 Å². The van der Waals surface area contributed by atoms with E-state index in [-0.39, 0.29) is 24.8 Å². The van der Waals surface area contributed by atoms with Crippen LogP contribution in [0.5, 0.6) is 5.75 Å². The number of nitrogens with zero attached hydrogens (tertiary/aromatic N) is 1. The van der Waals surface area contributed by atoms with Gasteiger partial charge in [-0.15, -0.1) is 0 Å². The number of likely N-dealkylation sites (N-methyl/N-ethyl adjacent to an activating group) is 1. The van der Waals surface area contributed by atoms with Gasteiger partial charge in [0.05, 0.1) is 24.0 Å². The predicted molar refractivity (Wildman–Crippen MR) is 153 cm³/mol. The second kappa shape index (κ2) is 11.1. The monoisotopic (exact) mass is 605 g/mol. The number of esters is 3. The lowest BCUT2D eigenvalue weighted by Crippen LogP contribution is -2.74. The number of carbonyl (C=O) groups excluding carboxylic acids is 4. The van der Waals surface area contributed by atoms with Gasteiger partial charge in [-0.05, 0) is 45.0 Å². The molecule has 2 heterocycles. The highest BCUT2D eigenvalue weighted by Gasteiger charge is 2.72. The average Bonchev–Trinajstić information content (AvgIpc) is 3.35. The molecular formula is C33H35NO10. The van der Waals surface area contributed by atoms with Crippen LogP contribution in [0.2, 0.25) is 0 Å². The van der Waals surface area contributed by atoms with E-state index in [0.717, 1.165) is 18.1 Å². The molecule has 0 saturated carbocycles. The number of aliphatic hydroxyl groups excluding tert-OH is 1. The number of piperidine rings is 1. The van der Waals surface area contributed by atoms with Crippen LogP contribution in [0.15, 0.2) is 54.3 Å². The molecule has 232 valence electrons. The third-order valence-corrected chi connectivity index (χ3v) is 9.52. The fraction of sp³-hybridized carbons (Fsp3) is 0.455.